The molecule has 2 aromatic carbocycles. The van der Waals surface area contributed by atoms with Crippen LogP contribution in [0.1, 0.15) is 34.3 Å². The van der Waals surface area contributed by atoms with Crippen molar-refractivity contribution >= 4 is 21.4 Å². The second-order valence-electron chi connectivity index (χ2n) is 8.18. The third-order valence-electron chi connectivity index (χ3n) is 5.67. The third kappa shape index (κ3) is 4.19. The topological polar surface area (TPSA) is 68.2 Å². The van der Waals surface area contributed by atoms with E-state index in [0.717, 1.165) is 23.4 Å². The van der Waals surface area contributed by atoms with E-state index < -0.39 is 9.84 Å². The molecule has 1 fully saturated rings. The third-order valence-corrected chi connectivity index (χ3v) is 6.80. The molecule has 30 heavy (non-hydrogen) atoms. The quantitative estimate of drug-likeness (QED) is 0.618. The maximum atomic E-state index is 13.1. The SMILES string of the molecule is Cc1ccccc1-c1c(C)c(C(=O)Nc2ccc(S(C)(=O)=O)cc2)cn1CC1CC1. The van der Waals surface area contributed by atoms with Gasteiger partial charge in [-0.05, 0) is 68.0 Å². The Balaban J connectivity index is 1.67. The Morgan fingerprint density at radius 2 is 1.73 bits per heavy atom. The highest BCUT2D eigenvalue weighted by Crippen LogP contribution is 2.36. The molecule has 0 spiro atoms. The van der Waals surface area contributed by atoms with Gasteiger partial charge in [-0.2, -0.15) is 0 Å². The fourth-order valence-corrected chi connectivity index (χ4v) is 4.42. The number of hydrogen-bond donors (Lipinski definition) is 1. The van der Waals surface area contributed by atoms with Crippen molar-refractivity contribution in [2.24, 2.45) is 5.92 Å². The molecule has 0 atom stereocenters. The Bertz CT molecular complexity index is 1200. The molecular formula is C24H26N2O3S. The first kappa shape index (κ1) is 20.4. The molecular weight excluding hydrogens is 396 g/mol. The first-order valence-corrected chi connectivity index (χ1v) is 12.0. The number of carbonyl (C=O) groups excluding carboxylic acids is 1. The minimum absolute atomic E-state index is 0.191. The lowest BCUT2D eigenvalue weighted by atomic mass is 10.0. The second kappa shape index (κ2) is 7.76. The van der Waals surface area contributed by atoms with E-state index in [2.05, 4.69) is 28.9 Å². The van der Waals surface area contributed by atoms with Crippen LogP contribution in [0.4, 0.5) is 5.69 Å². The van der Waals surface area contributed by atoms with E-state index >= 15 is 0 Å². The minimum atomic E-state index is -3.27. The molecule has 0 saturated heterocycles. The molecule has 0 radical (unpaired) electrons. The molecule has 3 aromatic rings. The zero-order valence-electron chi connectivity index (χ0n) is 17.5. The highest BCUT2D eigenvalue weighted by atomic mass is 32.2. The van der Waals surface area contributed by atoms with Crippen LogP contribution in [0.25, 0.3) is 11.3 Å². The number of rotatable bonds is 6. The number of benzene rings is 2. The van der Waals surface area contributed by atoms with E-state index in [-0.39, 0.29) is 10.8 Å². The van der Waals surface area contributed by atoms with Gasteiger partial charge in [0.1, 0.15) is 0 Å². The smallest absolute Gasteiger partial charge is 0.257 e. The summed E-state index contributed by atoms with van der Waals surface area (Å²) in [5, 5.41) is 2.91. The second-order valence-corrected chi connectivity index (χ2v) is 10.2. The molecule has 1 N–H and O–H groups in total. The lowest BCUT2D eigenvalue weighted by Crippen LogP contribution is -2.12. The molecule has 1 aliphatic carbocycles. The van der Waals surface area contributed by atoms with Gasteiger partial charge < -0.3 is 9.88 Å². The number of sulfone groups is 1. The number of nitrogens with zero attached hydrogens (tertiary/aromatic N) is 1. The van der Waals surface area contributed by atoms with Crippen molar-refractivity contribution in [1.82, 2.24) is 4.57 Å². The summed E-state index contributed by atoms with van der Waals surface area (Å²) in [6.45, 7) is 5.00. The molecule has 156 valence electrons. The number of aromatic nitrogens is 1. The molecule has 1 saturated carbocycles. The van der Waals surface area contributed by atoms with Crippen molar-refractivity contribution < 1.29 is 13.2 Å². The van der Waals surface area contributed by atoms with Gasteiger partial charge in [-0.1, -0.05) is 24.3 Å². The van der Waals surface area contributed by atoms with Gasteiger partial charge in [0, 0.05) is 30.2 Å². The van der Waals surface area contributed by atoms with Crippen LogP contribution in [0.5, 0.6) is 0 Å². The standard InChI is InChI=1S/C24H26N2O3S/c1-16-6-4-5-7-21(16)23-17(2)22(15-26(23)14-18-8-9-18)24(27)25-19-10-12-20(13-11-19)30(3,28)29/h4-7,10-13,15,18H,8-9,14H2,1-3H3,(H,25,27). The first-order chi connectivity index (χ1) is 14.2. The van der Waals surface area contributed by atoms with Gasteiger partial charge in [0.15, 0.2) is 9.84 Å². The highest BCUT2D eigenvalue weighted by Gasteiger charge is 2.26. The average molecular weight is 423 g/mol. The summed E-state index contributed by atoms with van der Waals surface area (Å²) in [5.74, 6) is 0.489. The van der Waals surface area contributed by atoms with Crippen LogP contribution in [0.15, 0.2) is 59.6 Å². The summed E-state index contributed by atoms with van der Waals surface area (Å²) in [6, 6.07) is 14.5. The lowest BCUT2D eigenvalue weighted by molar-refractivity contribution is 0.102. The average Bonchev–Trinajstić information content (AvgIpc) is 3.45. The van der Waals surface area contributed by atoms with Crippen LogP contribution in [-0.2, 0) is 16.4 Å². The van der Waals surface area contributed by atoms with Crippen molar-refractivity contribution in [3.05, 3.63) is 71.4 Å². The van der Waals surface area contributed by atoms with Crippen LogP contribution in [0.3, 0.4) is 0 Å². The van der Waals surface area contributed by atoms with E-state index in [4.69, 9.17) is 0 Å². The van der Waals surface area contributed by atoms with Gasteiger partial charge in [0.25, 0.3) is 5.91 Å². The number of nitrogens with one attached hydrogen (secondary N) is 1. The fourth-order valence-electron chi connectivity index (χ4n) is 3.79. The number of amides is 1. The molecule has 6 heteroatoms. The Kier molecular flexibility index (Phi) is 5.28. The minimum Gasteiger partial charge on any atom is -0.346 e. The van der Waals surface area contributed by atoms with Gasteiger partial charge in [-0.25, -0.2) is 8.42 Å². The maximum absolute atomic E-state index is 13.1. The Hall–Kier alpha value is -2.86. The normalized spacial score (nSPS) is 14.0. The summed E-state index contributed by atoms with van der Waals surface area (Å²) in [4.78, 5) is 13.3. The number of hydrogen-bond acceptors (Lipinski definition) is 3. The van der Waals surface area contributed by atoms with Gasteiger partial charge in [-0.3, -0.25) is 4.79 Å². The lowest BCUT2D eigenvalue weighted by Gasteiger charge is -2.12. The molecule has 0 bridgehead atoms. The maximum Gasteiger partial charge on any atom is 0.257 e. The molecule has 0 unspecified atom stereocenters. The van der Waals surface area contributed by atoms with Crippen LogP contribution in [0.2, 0.25) is 0 Å². The molecule has 1 heterocycles. The van der Waals surface area contributed by atoms with Gasteiger partial charge in [0.05, 0.1) is 16.2 Å². The summed E-state index contributed by atoms with van der Waals surface area (Å²) < 4.78 is 25.5. The van der Waals surface area contributed by atoms with Crippen molar-refractivity contribution in [2.45, 2.75) is 38.1 Å². The molecule has 1 amide bonds. The Labute approximate surface area is 177 Å². The number of aryl methyl sites for hydroxylation is 1. The van der Waals surface area contributed by atoms with Crippen LogP contribution < -0.4 is 5.32 Å². The Morgan fingerprint density at radius 3 is 2.33 bits per heavy atom. The first-order valence-electron chi connectivity index (χ1n) is 10.1. The molecule has 1 aliphatic rings. The van der Waals surface area contributed by atoms with Crippen LogP contribution in [0, 0.1) is 19.8 Å². The van der Waals surface area contributed by atoms with Crippen molar-refractivity contribution in [3.8, 4) is 11.3 Å². The molecule has 0 aliphatic heterocycles. The van der Waals surface area contributed by atoms with E-state index in [1.807, 2.05) is 25.3 Å². The van der Waals surface area contributed by atoms with Crippen molar-refractivity contribution in [1.29, 1.82) is 0 Å². The summed E-state index contributed by atoms with van der Waals surface area (Å²) in [6.07, 6.45) is 5.59. The highest BCUT2D eigenvalue weighted by molar-refractivity contribution is 7.90. The van der Waals surface area contributed by atoms with E-state index in [9.17, 15) is 13.2 Å². The molecule has 1 aromatic heterocycles. The van der Waals surface area contributed by atoms with Crippen molar-refractivity contribution in [3.63, 3.8) is 0 Å². The van der Waals surface area contributed by atoms with Gasteiger partial charge >= 0.3 is 0 Å². The van der Waals surface area contributed by atoms with E-state index in [1.54, 1.807) is 12.1 Å². The predicted octanol–water partition coefficient (Wildman–Crippen LogP) is 4.84. The van der Waals surface area contributed by atoms with Crippen molar-refractivity contribution in [2.75, 3.05) is 11.6 Å². The summed E-state index contributed by atoms with van der Waals surface area (Å²) in [5.41, 5.74) is 5.58. The summed E-state index contributed by atoms with van der Waals surface area (Å²) in [7, 11) is -3.27. The van der Waals surface area contributed by atoms with Crippen LogP contribution >= 0.6 is 0 Å². The largest absolute Gasteiger partial charge is 0.346 e. The number of carbonyl (C=O) groups is 1. The number of anilines is 1. The van der Waals surface area contributed by atoms with Crippen LogP contribution in [-0.4, -0.2) is 25.1 Å². The predicted molar refractivity (Wildman–Crippen MR) is 120 cm³/mol. The Morgan fingerprint density at radius 1 is 1.07 bits per heavy atom. The zero-order valence-corrected chi connectivity index (χ0v) is 18.3. The summed E-state index contributed by atoms with van der Waals surface area (Å²) >= 11 is 0. The van der Waals surface area contributed by atoms with E-state index in [0.29, 0.717) is 17.2 Å². The fraction of sp³-hybridized carbons (Fsp3) is 0.292. The van der Waals surface area contributed by atoms with E-state index in [1.165, 1.54) is 36.8 Å². The molecule has 4 rings (SSSR count). The van der Waals surface area contributed by atoms with Gasteiger partial charge in [-0.15, -0.1) is 0 Å². The molecule has 5 nitrogen and oxygen atoms in total. The zero-order chi connectivity index (χ0) is 21.5. The van der Waals surface area contributed by atoms with Gasteiger partial charge in [0.2, 0.25) is 0 Å². The monoisotopic (exact) mass is 422 g/mol.